The standard InChI is InChI=1S/C33H18O2S/c36-33-34-31-29-15-7-5-13-27(29)21-19-25-11-3-1-9-23(25)17-18-24-10-2-4-12-26(24)20-22-28-14-6-8-16-30(28)32(31)35-33/h1-16,31-32H/t31-,32+. The fourth-order valence-corrected chi connectivity index (χ4v) is 4.54. The Morgan fingerprint density at radius 3 is 1.06 bits per heavy atom. The SMILES string of the molecule is S=C1O[C@@H]2c3ccccc3C#Cc3ccccc3C#Cc3ccccc3C#Cc3ccccc3[C@@H]2O1. The first kappa shape index (κ1) is 21.8. The molecule has 0 saturated carbocycles. The molecule has 1 heterocycles. The topological polar surface area (TPSA) is 18.5 Å². The van der Waals surface area contributed by atoms with Crippen LogP contribution in [0.3, 0.4) is 0 Å². The first-order chi connectivity index (χ1) is 17.8. The third-order valence-corrected chi connectivity index (χ3v) is 6.30. The van der Waals surface area contributed by atoms with E-state index in [0.717, 1.165) is 44.5 Å². The summed E-state index contributed by atoms with van der Waals surface area (Å²) in [5.74, 6) is 20.0. The molecule has 0 N–H and O–H groups in total. The highest BCUT2D eigenvalue weighted by molar-refractivity contribution is 7.79. The van der Waals surface area contributed by atoms with Crippen molar-refractivity contribution in [3.63, 3.8) is 0 Å². The van der Waals surface area contributed by atoms with Gasteiger partial charge in [0.15, 0.2) is 12.2 Å². The Balaban J connectivity index is 1.62. The van der Waals surface area contributed by atoms with E-state index in [1.807, 2.05) is 97.1 Å². The number of ether oxygens (including phenoxy) is 2. The van der Waals surface area contributed by atoms with Crippen molar-refractivity contribution in [2.75, 3.05) is 0 Å². The molecule has 2 aliphatic rings. The summed E-state index contributed by atoms with van der Waals surface area (Å²) in [5, 5.41) is 0.123. The summed E-state index contributed by atoms with van der Waals surface area (Å²) in [6.07, 6.45) is -0.887. The van der Waals surface area contributed by atoms with Gasteiger partial charge in [-0.15, -0.1) is 0 Å². The molecule has 3 heteroatoms. The minimum absolute atomic E-state index is 0.123. The van der Waals surface area contributed by atoms with Crippen molar-refractivity contribution in [2.24, 2.45) is 0 Å². The number of hydrogen-bond acceptors (Lipinski definition) is 3. The van der Waals surface area contributed by atoms with Gasteiger partial charge in [-0.05, 0) is 36.4 Å². The van der Waals surface area contributed by atoms with Crippen molar-refractivity contribution in [2.45, 2.75) is 12.2 Å². The molecule has 6 rings (SSSR count). The molecule has 1 fully saturated rings. The molecule has 2 atom stereocenters. The maximum absolute atomic E-state index is 6.05. The van der Waals surface area contributed by atoms with E-state index in [1.54, 1.807) is 0 Å². The number of benzene rings is 4. The minimum Gasteiger partial charge on any atom is -0.444 e. The number of rotatable bonds is 0. The Morgan fingerprint density at radius 1 is 0.417 bits per heavy atom. The van der Waals surface area contributed by atoms with Crippen LogP contribution in [-0.4, -0.2) is 5.24 Å². The highest BCUT2D eigenvalue weighted by Gasteiger charge is 2.39. The van der Waals surface area contributed by atoms with E-state index in [9.17, 15) is 0 Å². The molecule has 1 aliphatic heterocycles. The van der Waals surface area contributed by atoms with Crippen molar-refractivity contribution in [1.82, 2.24) is 0 Å². The molecule has 2 nitrogen and oxygen atoms in total. The average Bonchev–Trinajstić information content (AvgIpc) is 3.31. The second-order valence-corrected chi connectivity index (χ2v) is 8.68. The normalized spacial score (nSPS) is 16.8. The first-order valence-corrected chi connectivity index (χ1v) is 12.0. The fourth-order valence-electron chi connectivity index (χ4n) is 4.34. The molecule has 0 radical (unpaired) electrons. The molecule has 1 aliphatic carbocycles. The van der Waals surface area contributed by atoms with Crippen LogP contribution >= 0.6 is 12.2 Å². The largest absolute Gasteiger partial charge is 0.444 e. The van der Waals surface area contributed by atoms with Crippen molar-refractivity contribution in [3.05, 3.63) is 142 Å². The van der Waals surface area contributed by atoms with Gasteiger partial charge in [0.25, 0.3) is 0 Å². The summed E-state index contributed by atoms with van der Waals surface area (Å²) in [5.41, 5.74) is 6.98. The molecule has 0 bridgehead atoms. The van der Waals surface area contributed by atoms with E-state index >= 15 is 0 Å². The maximum Gasteiger partial charge on any atom is 0.353 e. The third kappa shape index (κ3) is 4.23. The summed E-state index contributed by atoms with van der Waals surface area (Å²) >= 11 is 5.35. The van der Waals surface area contributed by atoms with Crippen LogP contribution in [0.1, 0.15) is 56.7 Å². The van der Waals surface area contributed by atoms with Gasteiger partial charge in [-0.3, -0.25) is 0 Å². The van der Waals surface area contributed by atoms with Crippen molar-refractivity contribution >= 4 is 17.5 Å². The smallest absolute Gasteiger partial charge is 0.353 e. The zero-order valence-electron chi connectivity index (χ0n) is 19.1. The van der Waals surface area contributed by atoms with Gasteiger partial charge in [-0.1, -0.05) is 96.2 Å². The predicted molar refractivity (Wildman–Crippen MR) is 144 cm³/mol. The molecule has 36 heavy (non-hydrogen) atoms. The molecule has 0 amide bonds. The van der Waals surface area contributed by atoms with Gasteiger partial charge < -0.3 is 9.47 Å². The Bertz CT molecular complexity index is 1580. The van der Waals surface area contributed by atoms with Crippen molar-refractivity contribution in [3.8, 4) is 35.5 Å². The van der Waals surface area contributed by atoms with Crippen LogP contribution in [0.2, 0.25) is 0 Å². The van der Waals surface area contributed by atoms with Gasteiger partial charge in [0.1, 0.15) is 0 Å². The van der Waals surface area contributed by atoms with E-state index in [1.165, 1.54) is 0 Å². The highest BCUT2D eigenvalue weighted by atomic mass is 32.1. The second kappa shape index (κ2) is 9.48. The van der Waals surface area contributed by atoms with Gasteiger partial charge in [0, 0.05) is 56.7 Å². The van der Waals surface area contributed by atoms with Gasteiger partial charge in [0.05, 0.1) is 0 Å². The van der Waals surface area contributed by atoms with Crippen LogP contribution in [0, 0.1) is 35.5 Å². The zero-order valence-corrected chi connectivity index (χ0v) is 19.9. The third-order valence-electron chi connectivity index (χ3n) is 6.11. The van der Waals surface area contributed by atoms with Crippen LogP contribution in [0.25, 0.3) is 0 Å². The Labute approximate surface area is 215 Å². The predicted octanol–water partition coefficient (Wildman–Crippen LogP) is 6.31. The lowest BCUT2D eigenvalue weighted by Crippen LogP contribution is -2.10. The van der Waals surface area contributed by atoms with Crippen LogP contribution in [-0.2, 0) is 9.47 Å². The van der Waals surface area contributed by atoms with Crippen LogP contribution in [0.5, 0.6) is 0 Å². The van der Waals surface area contributed by atoms with Crippen molar-refractivity contribution in [1.29, 1.82) is 0 Å². The maximum atomic E-state index is 6.05. The zero-order chi connectivity index (χ0) is 24.3. The Hall–Kier alpha value is -4.75. The molecular weight excluding hydrogens is 460 g/mol. The van der Waals surface area contributed by atoms with E-state index < -0.39 is 12.2 Å². The monoisotopic (exact) mass is 478 g/mol. The number of fused-ring (bicyclic) bond motifs is 7. The van der Waals surface area contributed by atoms with Gasteiger partial charge >= 0.3 is 5.24 Å². The van der Waals surface area contributed by atoms with E-state index in [4.69, 9.17) is 21.7 Å². The number of thiocarbonyl (C=S) groups is 1. The Kier molecular flexibility index (Phi) is 5.73. The average molecular weight is 479 g/mol. The van der Waals surface area contributed by atoms with E-state index in [2.05, 4.69) is 35.5 Å². The summed E-state index contributed by atoms with van der Waals surface area (Å²) < 4.78 is 12.1. The van der Waals surface area contributed by atoms with Crippen LogP contribution < -0.4 is 0 Å². The Morgan fingerprint density at radius 2 is 0.694 bits per heavy atom. The second-order valence-electron chi connectivity index (χ2n) is 8.34. The van der Waals surface area contributed by atoms with Gasteiger partial charge in [-0.2, -0.15) is 0 Å². The molecule has 4 aromatic rings. The number of hydrogen-bond donors (Lipinski definition) is 0. The molecule has 4 aromatic carbocycles. The minimum atomic E-state index is -0.443. The molecule has 1 saturated heterocycles. The van der Waals surface area contributed by atoms with Crippen molar-refractivity contribution < 1.29 is 9.47 Å². The lowest BCUT2D eigenvalue weighted by Gasteiger charge is -2.19. The molecule has 0 unspecified atom stereocenters. The quantitative estimate of drug-likeness (QED) is 0.218. The van der Waals surface area contributed by atoms with Crippen LogP contribution in [0.4, 0.5) is 0 Å². The first-order valence-electron chi connectivity index (χ1n) is 11.6. The molecule has 0 spiro atoms. The molecule has 0 aromatic heterocycles. The van der Waals surface area contributed by atoms with Gasteiger partial charge in [-0.25, -0.2) is 0 Å². The van der Waals surface area contributed by atoms with Gasteiger partial charge in [0.2, 0.25) is 0 Å². The lowest BCUT2D eigenvalue weighted by atomic mass is 9.92. The highest BCUT2D eigenvalue weighted by Crippen LogP contribution is 2.43. The summed E-state index contributed by atoms with van der Waals surface area (Å²) in [4.78, 5) is 0. The molecule has 168 valence electrons. The molecular formula is C33H18O2S. The van der Waals surface area contributed by atoms with Crippen LogP contribution in [0.15, 0.2) is 97.1 Å². The summed E-state index contributed by atoms with van der Waals surface area (Å²) in [6.45, 7) is 0. The van der Waals surface area contributed by atoms with E-state index in [-0.39, 0.29) is 5.24 Å². The van der Waals surface area contributed by atoms with E-state index in [0.29, 0.717) is 0 Å². The summed E-state index contributed by atoms with van der Waals surface area (Å²) in [6, 6.07) is 31.7. The lowest BCUT2D eigenvalue weighted by molar-refractivity contribution is 0.158. The fraction of sp³-hybridized carbons (Fsp3) is 0.0606. The summed E-state index contributed by atoms with van der Waals surface area (Å²) in [7, 11) is 0.